The van der Waals surface area contributed by atoms with Gasteiger partial charge in [0.05, 0.1) is 11.2 Å². The number of rotatable bonds is 3. The molecule has 0 saturated heterocycles. The smallest absolute Gasteiger partial charge is 0.256 e. The molecule has 0 bridgehead atoms. The van der Waals surface area contributed by atoms with Gasteiger partial charge in [-0.1, -0.05) is 39.0 Å². The van der Waals surface area contributed by atoms with E-state index in [1.54, 1.807) is 35.1 Å². The average Bonchev–Trinajstić information content (AvgIpc) is 3.08. The van der Waals surface area contributed by atoms with E-state index in [-0.39, 0.29) is 17.1 Å². The summed E-state index contributed by atoms with van der Waals surface area (Å²) in [7, 11) is 1.81. The Balaban J connectivity index is 1.59. The lowest BCUT2D eigenvalue weighted by Gasteiger charge is -2.13. The number of pyridine rings is 1. The minimum atomic E-state index is -0.272. The number of fused-ring (bicyclic) bond motifs is 1. The van der Waals surface area contributed by atoms with E-state index < -0.39 is 0 Å². The molecule has 0 atom stereocenters. The lowest BCUT2D eigenvalue weighted by Crippen LogP contribution is -2.14. The fourth-order valence-electron chi connectivity index (χ4n) is 3.20. The molecule has 30 heavy (non-hydrogen) atoms. The Kier molecular flexibility index (Phi) is 4.86. The van der Waals surface area contributed by atoms with Crippen LogP contribution in [-0.2, 0) is 12.5 Å². The van der Waals surface area contributed by atoms with E-state index in [1.807, 2.05) is 25.2 Å². The molecule has 2 heterocycles. The number of benzene rings is 2. The van der Waals surface area contributed by atoms with Crippen LogP contribution >= 0.6 is 0 Å². The Hall–Kier alpha value is -3.54. The Bertz CT molecular complexity index is 1240. The minimum absolute atomic E-state index is 0.101. The number of anilines is 1. The zero-order chi connectivity index (χ0) is 21.5. The third-order valence-corrected chi connectivity index (χ3v) is 5.01. The molecular weight excluding hydrogens is 379 g/mol. The van der Waals surface area contributed by atoms with Crippen molar-refractivity contribution >= 4 is 22.6 Å². The Morgan fingerprint density at radius 3 is 2.40 bits per heavy atom. The van der Waals surface area contributed by atoms with E-state index in [9.17, 15) is 9.18 Å². The van der Waals surface area contributed by atoms with E-state index in [4.69, 9.17) is 0 Å². The van der Waals surface area contributed by atoms with Gasteiger partial charge in [0.15, 0.2) is 0 Å². The summed E-state index contributed by atoms with van der Waals surface area (Å²) in [6.07, 6.45) is 1.73. The number of aryl methyl sites for hydroxylation is 1. The molecule has 0 fully saturated rings. The van der Waals surface area contributed by atoms with Gasteiger partial charge < -0.3 is 5.32 Å². The Morgan fingerprint density at radius 2 is 1.73 bits per heavy atom. The van der Waals surface area contributed by atoms with Crippen LogP contribution in [0.2, 0.25) is 0 Å². The van der Waals surface area contributed by atoms with Gasteiger partial charge in [0.1, 0.15) is 11.6 Å². The van der Waals surface area contributed by atoms with Crippen molar-refractivity contribution < 1.29 is 9.18 Å². The largest absolute Gasteiger partial charge is 0.307 e. The SMILES string of the molecule is Cn1nc(C(C)(C)C)cc1NC(=O)c1ccc2cc(-c3ccc(F)cc3)cnc2c1. The third kappa shape index (κ3) is 3.94. The van der Waals surface area contributed by atoms with Crippen LogP contribution in [0.1, 0.15) is 36.8 Å². The Labute approximate surface area is 174 Å². The molecule has 5 nitrogen and oxygen atoms in total. The van der Waals surface area contributed by atoms with Gasteiger partial charge in [-0.15, -0.1) is 0 Å². The molecule has 0 aliphatic carbocycles. The second-order valence-corrected chi connectivity index (χ2v) is 8.38. The third-order valence-electron chi connectivity index (χ3n) is 5.01. The molecule has 0 unspecified atom stereocenters. The van der Waals surface area contributed by atoms with Crippen LogP contribution in [0, 0.1) is 5.82 Å². The van der Waals surface area contributed by atoms with Crippen molar-refractivity contribution in [3.05, 3.63) is 77.9 Å². The van der Waals surface area contributed by atoms with Gasteiger partial charge in [0.25, 0.3) is 5.91 Å². The summed E-state index contributed by atoms with van der Waals surface area (Å²) < 4.78 is 14.8. The monoisotopic (exact) mass is 402 g/mol. The highest BCUT2D eigenvalue weighted by Gasteiger charge is 2.20. The molecule has 0 aliphatic rings. The van der Waals surface area contributed by atoms with Crippen LogP contribution < -0.4 is 5.32 Å². The summed E-state index contributed by atoms with van der Waals surface area (Å²) in [5.74, 6) is 0.153. The predicted molar refractivity (Wildman–Crippen MR) is 117 cm³/mol. The van der Waals surface area contributed by atoms with Crippen LogP contribution in [0.3, 0.4) is 0 Å². The van der Waals surface area contributed by atoms with Crippen molar-refractivity contribution in [1.29, 1.82) is 0 Å². The van der Waals surface area contributed by atoms with Gasteiger partial charge in [-0.3, -0.25) is 14.5 Å². The first-order valence-corrected chi connectivity index (χ1v) is 9.72. The predicted octanol–water partition coefficient (Wildman–Crippen LogP) is 5.32. The molecule has 2 aromatic heterocycles. The molecule has 6 heteroatoms. The van der Waals surface area contributed by atoms with E-state index >= 15 is 0 Å². The van der Waals surface area contributed by atoms with Gasteiger partial charge in [-0.2, -0.15) is 5.10 Å². The number of hydrogen-bond acceptors (Lipinski definition) is 3. The minimum Gasteiger partial charge on any atom is -0.307 e. The molecule has 1 N–H and O–H groups in total. The van der Waals surface area contributed by atoms with Crippen molar-refractivity contribution in [2.45, 2.75) is 26.2 Å². The molecule has 0 saturated carbocycles. The van der Waals surface area contributed by atoms with Crippen molar-refractivity contribution in [2.75, 3.05) is 5.32 Å². The van der Waals surface area contributed by atoms with Crippen molar-refractivity contribution in [3.8, 4) is 11.1 Å². The quantitative estimate of drug-likeness (QED) is 0.504. The van der Waals surface area contributed by atoms with Gasteiger partial charge in [-0.25, -0.2) is 4.39 Å². The second-order valence-electron chi connectivity index (χ2n) is 8.38. The molecule has 0 aliphatic heterocycles. The van der Waals surface area contributed by atoms with Gasteiger partial charge in [0.2, 0.25) is 0 Å². The molecule has 0 radical (unpaired) electrons. The number of carbonyl (C=O) groups is 1. The molecule has 4 rings (SSSR count). The lowest BCUT2D eigenvalue weighted by atomic mass is 9.92. The maximum Gasteiger partial charge on any atom is 0.256 e. The summed E-state index contributed by atoms with van der Waals surface area (Å²) in [6.45, 7) is 6.24. The highest BCUT2D eigenvalue weighted by Crippen LogP contribution is 2.25. The fraction of sp³-hybridized carbons (Fsp3) is 0.208. The summed E-state index contributed by atoms with van der Waals surface area (Å²) in [6, 6.07) is 15.6. The molecule has 4 aromatic rings. The maximum absolute atomic E-state index is 13.2. The number of nitrogens with zero attached hydrogens (tertiary/aromatic N) is 3. The van der Waals surface area contributed by atoms with Crippen LogP contribution in [0.25, 0.3) is 22.0 Å². The van der Waals surface area contributed by atoms with Crippen molar-refractivity contribution in [3.63, 3.8) is 0 Å². The number of carbonyl (C=O) groups excluding carboxylic acids is 1. The second kappa shape index (κ2) is 7.37. The van der Waals surface area contributed by atoms with E-state index in [1.165, 1.54) is 12.1 Å². The first kappa shape index (κ1) is 19.8. The van der Waals surface area contributed by atoms with E-state index in [0.717, 1.165) is 22.2 Å². The standard InChI is InChI=1S/C24H23FN4O/c1-24(2,3)21-13-22(29(4)28-21)27-23(30)17-6-5-16-11-18(14-26-20(16)12-17)15-7-9-19(25)10-8-15/h5-14H,1-4H3,(H,27,30). The molecular formula is C24H23FN4O. The first-order valence-electron chi connectivity index (χ1n) is 9.72. The summed E-state index contributed by atoms with van der Waals surface area (Å²) >= 11 is 0. The van der Waals surface area contributed by atoms with Crippen molar-refractivity contribution in [1.82, 2.24) is 14.8 Å². The van der Waals surface area contributed by atoms with Crippen LogP contribution in [0.15, 0.2) is 60.8 Å². The zero-order valence-corrected chi connectivity index (χ0v) is 17.4. The Morgan fingerprint density at radius 1 is 1.00 bits per heavy atom. The number of aromatic nitrogens is 3. The van der Waals surface area contributed by atoms with E-state index in [0.29, 0.717) is 16.9 Å². The number of hydrogen-bond donors (Lipinski definition) is 1. The first-order chi connectivity index (χ1) is 14.2. The summed E-state index contributed by atoms with van der Waals surface area (Å²) in [5, 5.41) is 8.32. The highest BCUT2D eigenvalue weighted by molar-refractivity contribution is 6.05. The van der Waals surface area contributed by atoms with Gasteiger partial charge in [0, 0.05) is 41.2 Å². The molecule has 0 spiro atoms. The molecule has 152 valence electrons. The number of halogens is 1. The zero-order valence-electron chi connectivity index (χ0n) is 17.4. The molecule has 2 aromatic carbocycles. The molecule has 1 amide bonds. The number of nitrogens with one attached hydrogen (secondary N) is 1. The van der Waals surface area contributed by atoms with Crippen LogP contribution in [0.4, 0.5) is 10.2 Å². The maximum atomic E-state index is 13.2. The number of amides is 1. The van der Waals surface area contributed by atoms with Gasteiger partial charge in [-0.05, 0) is 35.9 Å². The fourth-order valence-corrected chi connectivity index (χ4v) is 3.20. The topological polar surface area (TPSA) is 59.8 Å². The highest BCUT2D eigenvalue weighted by atomic mass is 19.1. The summed E-state index contributed by atoms with van der Waals surface area (Å²) in [5.41, 5.74) is 3.82. The van der Waals surface area contributed by atoms with Crippen LogP contribution in [-0.4, -0.2) is 20.7 Å². The average molecular weight is 402 g/mol. The van der Waals surface area contributed by atoms with Gasteiger partial charge >= 0.3 is 0 Å². The van der Waals surface area contributed by atoms with E-state index in [2.05, 4.69) is 36.2 Å². The van der Waals surface area contributed by atoms with Crippen molar-refractivity contribution in [2.24, 2.45) is 7.05 Å². The summed E-state index contributed by atoms with van der Waals surface area (Å²) in [4.78, 5) is 17.3. The van der Waals surface area contributed by atoms with Crippen LogP contribution in [0.5, 0.6) is 0 Å². The normalized spacial score (nSPS) is 11.6. The lowest BCUT2D eigenvalue weighted by molar-refractivity contribution is 0.102.